The zero-order valence-corrected chi connectivity index (χ0v) is 16.6. The number of hydrogen-bond donors (Lipinski definition) is 1. The maximum absolute atomic E-state index is 8.36. The number of hydrogen-bond acceptors (Lipinski definition) is 7. The van der Waals surface area contributed by atoms with Gasteiger partial charge in [0.15, 0.2) is 0 Å². The van der Waals surface area contributed by atoms with Gasteiger partial charge in [-0.05, 0) is 38.2 Å². The quantitative estimate of drug-likeness (QED) is 0.788. The predicted octanol–water partition coefficient (Wildman–Crippen LogP) is 2.31. The SMILES string of the molecule is Cc1sc2ncnc(N3CCN4[C@@H](COC[C@@H]4C4CC4)C3)c2c1C.O=CO. The van der Waals surface area contributed by atoms with E-state index in [1.807, 2.05) is 0 Å². The van der Waals surface area contributed by atoms with Crippen molar-refractivity contribution < 1.29 is 14.6 Å². The van der Waals surface area contributed by atoms with E-state index >= 15 is 0 Å². The molecule has 3 fully saturated rings. The fourth-order valence-electron chi connectivity index (χ4n) is 4.36. The number of carbonyl (C=O) groups is 1. The molecule has 1 N–H and O–H groups in total. The van der Waals surface area contributed by atoms with Crippen LogP contribution in [-0.4, -0.2) is 71.4 Å². The molecule has 0 aromatic carbocycles. The van der Waals surface area contributed by atoms with Crippen molar-refractivity contribution in [1.29, 1.82) is 0 Å². The van der Waals surface area contributed by atoms with E-state index in [-0.39, 0.29) is 6.47 Å². The molecule has 27 heavy (non-hydrogen) atoms. The van der Waals surface area contributed by atoms with Crippen LogP contribution in [0.1, 0.15) is 23.3 Å². The summed E-state index contributed by atoms with van der Waals surface area (Å²) in [6.45, 7) is 9.12. The van der Waals surface area contributed by atoms with Crippen LogP contribution < -0.4 is 4.90 Å². The molecule has 0 unspecified atom stereocenters. The zero-order valence-electron chi connectivity index (χ0n) is 15.8. The minimum absolute atomic E-state index is 0.250. The van der Waals surface area contributed by atoms with Gasteiger partial charge in [-0.3, -0.25) is 9.69 Å². The smallest absolute Gasteiger partial charge is 0.290 e. The number of rotatable bonds is 2. The van der Waals surface area contributed by atoms with Crippen molar-refractivity contribution in [2.75, 3.05) is 37.7 Å². The Morgan fingerprint density at radius 2 is 2.04 bits per heavy atom. The molecule has 3 aliphatic rings. The monoisotopic (exact) mass is 390 g/mol. The summed E-state index contributed by atoms with van der Waals surface area (Å²) in [6.07, 6.45) is 4.51. The number of ether oxygens (including phenoxy) is 1. The van der Waals surface area contributed by atoms with Crippen molar-refractivity contribution >= 4 is 33.8 Å². The van der Waals surface area contributed by atoms with Crippen LogP contribution in [0.15, 0.2) is 6.33 Å². The van der Waals surface area contributed by atoms with Gasteiger partial charge in [-0.1, -0.05) is 0 Å². The van der Waals surface area contributed by atoms with Gasteiger partial charge in [0.1, 0.15) is 17.0 Å². The highest BCUT2D eigenvalue weighted by Gasteiger charge is 2.43. The second kappa shape index (κ2) is 7.69. The average molecular weight is 391 g/mol. The summed E-state index contributed by atoms with van der Waals surface area (Å²) in [6, 6.07) is 1.16. The Hall–Kier alpha value is -1.77. The predicted molar refractivity (Wildman–Crippen MR) is 106 cm³/mol. The first-order valence-corrected chi connectivity index (χ1v) is 10.3. The number of nitrogens with zero attached hydrogens (tertiary/aromatic N) is 4. The lowest BCUT2D eigenvalue weighted by Gasteiger charge is -2.48. The maximum Gasteiger partial charge on any atom is 0.290 e. The second-order valence-electron chi connectivity index (χ2n) is 7.55. The Kier molecular flexibility index (Phi) is 5.29. The molecule has 2 saturated heterocycles. The molecule has 8 heteroatoms. The lowest BCUT2D eigenvalue weighted by atomic mass is 10.0. The summed E-state index contributed by atoms with van der Waals surface area (Å²) >= 11 is 1.78. The van der Waals surface area contributed by atoms with E-state index in [1.54, 1.807) is 17.7 Å². The van der Waals surface area contributed by atoms with E-state index in [4.69, 9.17) is 14.6 Å². The van der Waals surface area contributed by atoms with Gasteiger partial charge < -0.3 is 14.7 Å². The molecule has 0 amide bonds. The number of morpholine rings is 1. The summed E-state index contributed by atoms with van der Waals surface area (Å²) in [4.78, 5) is 25.2. The van der Waals surface area contributed by atoms with Gasteiger partial charge >= 0.3 is 0 Å². The van der Waals surface area contributed by atoms with E-state index in [9.17, 15) is 0 Å². The molecule has 7 nitrogen and oxygen atoms in total. The van der Waals surface area contributed by atoms with E-state index < -0.39 is 0 Å². The molecule has 146 valence electrons. The summed E-state index contributed by atoms with van der Waals surface area (Å²) in [5, 5.41) is 8.14. The molecule has 1 aliphatic carbocycles. The standard InChI is InChI=1S/C18H24N4OS.CH2O2/c1-11-12(2)24-18-16(11)17(19-10-20-18)21-5-6-22-14(7-21)8-23-9-15(22)13-3-4-13;2-1-3/h10,13-15H,3-9H2,1-2H3;1H,(H,2,3)/t14-,15-;/m1./s1. The number of anilines is 1. The van der Waals surface area contributed by atoms with E-state index in [0.717, 1.165) is 49.4 Å². The summed E-state index contributed by atoms with van der Waals surface area (Å²) in [7, 11) is 0. The van der Waals surface area contributed by atoms with Crippen molar-refractivity contribution in [2.24, 2.45) is 5.92 Å². The third-order valence-corrected chi connectivity index (χ3v) is 7.08. The van der Waals surface area contributed by atoms with Gasteiger partial charge in [0.25, 0.3) is 6.47 Å². The topological polar surface area (TPSA) is 78.8 Å². The number of fused-ring (bicyclic) bond motifs is 2. The Balaban J connectivity index is 0.000000565. The average Bonchev–Trinajstić information content (AvgIpc) is 3.48. The molecule has 1 saturated carbocycles. The van der Waals surface area contributed by atoms with Gasteiger partial charge in [-0.15, -0.1) is 11.3 Å². The molecule has 5 rings (SSSR count). The van der Waals surface area contributed by atoms with Gasteiger partial charge in [-0.25, -0.2) is 9.97 Å². The fourth-order valence-corrected chi connectivity index (χ4v) is 5.35. The minimum Gasteiger partial charge on any atom is -0.483 e. The molecule has 2 aromatic rings. The summed E-state index contributed by atoms with van der Waals surface area (Å²) in [5.74, 6) is 2.00. The number of aryl methyl sites for hydroxylation is 2. The van der Waals surface area contributed by atoms with Crippen molar-refractivity contribution in [1.82, 2.24) is 14.9 Å². The van der Waals surface area contributed by atoms with Gasteiger partial charge in [0.05, 0.1) is 24.6 Å². The van der Waals surface area contributed by atoms with E-state index in [1.165, 1.54) is 28.7 Å². The Morgan fingerprint density at radius 3 is 2.78 bits per heavy atom. The van der Waals surface area contributed by atoms with Crippen LogP contribution in [0.2, 0.25) is 0 Å². The summed E-state index contributed by atoms with van der Waals surface area (Å²) in [5.41, 5.74) is 1.34. The van der Waals surface area contributed by atoms with E-state index in [2.05, 4.69) is 33.6 Å². The largest absolute Gasteiger partial charge is 0.483 e. The van der Waals surface area contributed by atoms with Crippen LogP contribution in [0.4, 0.5) is 5.82 Å². The van der Waals surface area contributed by atoms with Crippen LogP contribution in [-0.2, 0) is 9.53 Å². The minimum atomic E-state index is -0.250. The highest BCUT2D eigenvalue weighted by atomic mass is 32.1. The fraction of sp³-hybridized carbons (Fsp3) is 0.632. The lowest BCUT2D eigenvalue weighted by molar-refractivity contribution is -0.122. The van der Waals surface area contributed by atoms with Gasteiger partial charge in [0.2, 0.25) is 0 Å². The summed E-state index contributed by atoms with van der Waals surface area (Å²) < 4.78 is 5.95. The van der Waals surface area contributed by atoms with Gasteiger partial charge in [0, 0.05) is 30.6 Å². The molecule has 0 spiro atoms. The van der Waals surface area contributed by atoms with Gasteiger partial charge in [-0.2, -0.15) is 0 Å². The first-order chi connectivity index (χ1) is 13.1. The van der Waals surface area contributed by atoms with Crippen LogP contribution in [0, 0.1) is 19.8 Å². The lowest BCUT2D eigenvalue weighted by Crippen LogP contribution is -2.62. The molecular formula is C19H26N4O3S. The molecule has 2 aliphatic heterocycles. The maximum atomic E-state index is 8.36. The molecule has 4 heterocycles. The number of carboxylic acid groups (broad SMARTS) is 1. The second-order valence-corrected chi connectivity index (χ2v) is 8.75. The Labute approximate surface area is 163 Å². The third-order valence-electron chi connectivity index (χ3n) is 5.96. The number of thiophene rings is 1. The highest BCUT2D eigenvalue weighted by Crippen LogP contribution is 2.39. The molecule has 2 aromatic heterocycles. The number of piperazine rings is 1. The highest BCUT2D eigenvalue weighted by molar-refractivity contribution is 7.18. The van der Waals surface area contributed by atoms with Crippen LogP contribution in [0.3, 0.4) is 0 Å². The third kappa shape index (κ3) is 3.53. The van der Waals surface area contributed by atoms with E-state index in [0.29, 0.717) is 12.1 Å². The normalized spacial score (nSPS) is 25.6. The van der Waals surface area contributed by atoms with Crippen molar-refractivity contribution in [3.63, 3.8) is 0 Å². The van der Waals surface area contributed by atoms with Crippen LogP contribution in [0.5, 0.6) is 0 Å². The number of aromatic nitrogens is 2. The molecule has 0 bridgehead atoms. The van der Waals surface area contributed by atoms with Crippen molar-refractivity contribution in [3.05, 3.63) is 16.8 Å². The van der Waals surface area contributed by atoms with Crippen LogP contribution in [0.25, 0.3) is 10.2 Å². The molecular weight excluding hydrogens is 364 g/mol. The van der Waals surface area contributed by atoms with Crippen molar-refractivity contribution in [3.8, 4) is 0 Å². The first-order valence-electron chi connectivity index (χ1n) is 9.51. The Morgan fingerprint density at radius 1 is 1.26 bits per heavy atom. The zero-order chi connectivity index (χ0) is 19.0. The van der Waals surface area contributed by atoms with Crippen LogP contribution >= 0.6 is 11.3 Å². The first kappa shape index (κ1) is 18.6. The van der Waals surface area contributed by atoms with Crippen molar-refractivity contribution in [2.45, 2.75) is 38.8 Å². The molecule has 2 atom stereocenters. The Bertz CT molecular complexity index is 823. The molecule has 0 radical (unpaired) electrons.